The number of ether oxygens (including phenoxy) is 1. The van der Waals surface area contributed by atoms with Crippen molar-refractivity contribution in [2.24, 2.45) is 0 Å². The molecule has 1 aromatic heterocycles. The van der Waals surface area contributed by atoms with Gasteiger partial charge in [-0.25, -0.2) is 9.37 Å². The summed E-state index contributed by atoms with van der Waals surface area (Å²) in [6.45, 7) is 0. The lowest BCUT2D eigenvalue weighted by molar-refractivity contribution is 0.380. The molecule has 0 radical (unpaired) electrons. The van der Waals surface area contributed by atoms with Crippen molar-refractivity contribution in [3.05, 3.63) is 41.3 Å². The lowest BCUT2D eigenvalue weighted by atomic mass is 10.1. The molecular formula is C11H8ClFN2O. The number of hydrogen-bond donors (Lipinski definition) is 0. The lowest BCUT2D eigenvalue weighted by Gasteiger charge is -2.03. The first kappa shape index (κ1) is 10.8. The lowest BCUT2D eigenvalue weighted by Crippen LogP contribution is -1.93. The van der Waals surface area contributed by atoms with Crippen molar-refractivity contribution in [3.63, 3.8) is 0 Å². The summed E-state index contributed by atoms with van der Waals surface area (Å²) < 4.78 is 17.9. The number of aromatic nitrogens is 2. The van der Waals surface area contributed by atoms with E-state index in [2.05, 4.69) is 9.97 Å². The number of rotatable bonds is 2. The summed E-state index contributed by atoms with van der Waals surface area (Å²) in [4.78, 5) is 8.00. The molecule has 0 unspecified atom stereocenters. The summed E-state index contributed by atoms with van der Waals surface area (Å²) in [6, 6.07) is 6.37. The van der Waals surface area contributed by atoms with Gasteiger partial charge in [0.05, 0.1) is 17.8 Å². The van der Waals surface area contributed by atoms with Gasteiger partial charge in [-0.3, -0.25) is 0 Å². The van der Waals surface area contributed by atoms with E-state index in [-0.39, 0.29) is 11.0 Å². The molecule has 1 heterocycles. The highest BCUT2D eigenvalue weighted by molar-refractivity contribution is 6.31. The summed E-state index contributed by atoms with van der Waals surface area (Å²) in [7, 11) is 1.48. The summed E-state index contributed by atoms with van der Waals surface area (Å²) >= 11 is 5.69. The van der Waals surface area contributed by atoms with Gasteiger partial charge in [-0.2, -0.15) is 4.98 Å². The number of methoxy groups -OCH3 is 1. The summed E-state index contributed by atoms with van der Waals surface area (Å²) in [5.41, 5.74) is 1.35. The SMILES string of the molecule is COc1nccc(-c2ccc(F)c(Cl)c2)n1. The van der Waals surface area contributed by atoms with Crippen LogP contribution in [0.5, 0.6) is 6.01 Å². The molecule has 1 aromatic carbocycles. The predicted octanol–water partition coefficient (Wildman–Crippen LogP) is 2.94. The first-order valence-electron chi connectivity index (χ1n) is 4.53. The van der Waals surface area contributed by atoms with Crippen LogP contribution in [-0.2, 0) is 0 Å². The molecule has 0 N–H and O–H groups in total. The Morgan fingerprint density at radius 1 is 1.31 bits per heavy atom. The first-order chi connectivity index (χ1) is 7.70. The zero-order chi connectivity index (χ0) is 11.5. The average molecular weight is 239 g/mol. The standard InChI is InChI=1S/C11H8ClFN2O/c1-16-11-14-5-4-10(15-11)7-2-3-9(13)8(12)6-7/h2-6H,1H3. The highest BCUT2D eigenvalue weighted by atomic mass is 35.5. The van der Waals surface area contributed by atoms with Crippen LogP contribution in [0.25, 0.3) is 11.3 Å². The largest absolute Gasteiger partial charge is 0.467 e. The smallest absolute Gasteiger partial charge is 0.316 e. The van der Waals surface area contributed by atoms with Crippen molar-refractivity contribution in [3.8, 4) is 17.3 Å². The second kappa shape index (κ2) is 4.45. The molecule has 0 aliphatic heterocycles. The van der Waals surface area contributed by atoms with E-state index in [4.69, 9.17) is 16.3 Å². The molecule has 0 saturated carbocycles. The van der Waals surface area contributed by atoms with Gasteiger partial charge in [0, 0.05) is 11.8 Å². The Hall–Kier alpha value is -1.68. The van der Waals surface area contributed by atoms with Crippen LogP contribution in [0, 0.1) is 5.82 Å². The molecule has 0 saturated heterocycles. The van der Waals surface area contributed by atoms with Crippen LogP contribution in [0.15, 0.2) is 30.5 Å². The Kier molecular flexibility index (Phi) is 3.01. The van der Waals surface area contributed by atoms with E-state index in [1.54, 1.807) is 18.3 Å². The molecule has 0 aliphatic rings. The van der Waals surface area contributed by atoms with Crippen molar-refractivity contribution >= 4 is 11.6 Å². The Balaban J connectivity index is 2.46. The van der Waals surface area contributed by atoms with E-state index in [1.807, 2.05) is 0 Å². The minimum atomic E-state index is -0.452. The molecule has 82 valence electrons. The molecule has 0 fully saturated rings. The Morgan fingerprint density at radius 2 is 2.12 bits per heavy atom. The molecule has 5 heteroatoms. The third kappa shape index (κ3) is 2.12. The second-order valence-electron chi connectivity index (χ2n) is 3.06. The van der Waals surface area contributed by atoms with Gasteiger partial charge in [0.15, 0.2) is 0 Å². The van der Waals surface area contributed by atoms with Gasteiger partial charge in [-0.1, -0.05) is 11.6 Å². The Labute approximate surface area is 96.9 Å². The fourth-order valence-electron chi connectivity index (χ4n) is 1.26. The van der Waals surface area contributed by atoms with E-state index < -0.39 is 5.82 Å². The van der Waals surface area contributed by atoms with Crippen molar-refractivity contribution < 1.29 is 9.13 Å². The van der Waals surface area contributed by atoms with Crippen molar-refractivity contribution in [2.75, 3.05) is 7.11 Å². The monoisotopic (exact) mass is 238 g/mol. The molecule has 3 nitrogen and oxygen atoms in total. The molecule has 16 heavy (non-hydrogen) atoms. The van der Waals surface area contributed by atoms with Gasteiger partial charge < -0.3 is 4.74 Å². The maximum atomic E-state index is 13.0. The van der Waals surface area contributed by atoms with Gasteiger partial charge in [0.1, 0.15) is 5.82 Å². The zero-order valence-electron chi connectivity index (χ0n) is 8.45. The van der Waals surface area contributed by atoms with Crippen LogP contribution in [0.1, 0.15) is 0 Å². The minimum Gasteiger partial charge on any atom is -0.467 e. The Morgan fingerprint density at radius 3 is 2.81 bits per heavy atom. The normalized spacial score (nSPS) is 10.2. The molecule has 0 aliphatic carbocycles. The zero-order valence-corrected chi connectivity index (χ0v) is 9.20. The van der Waals surface area contributed by atoms with E-state index in [0.29, 0.717) is 11.3 Å². The second-order valence-corrected chi connectivity index (χ2v) is 3.46. The molecule has 2 rings (SSSR count). The summed E-state index contributed by atoms with van der Waals surface area (Å²) in [6.07, 6.45) is 1.57. The maximum Gasteiger partial charge on any atom is 0.316 e. The van der Waals surface area contributed by atoms with E-state index in [0.717, 1.165) is 0 Å². The fraction of sp³-hybridized carbons (Fsp3) is 0.0909. The third-order valence-electron chi connectivity index (χ3n) is 2.03. The number of nitrogens with zero attached hydrogens (tertiary/aromatic N) is 2. The average Bonchev–Trinajstić information content (AvgIpc) is 2.33. The topological polar surface area (TPSA) is 35.0 Å². The maximum absolute atomic E-state index is 13.0. The van der Waals surface area contributed by atoms with Crippen LogP contribution in [0.2, 0.25) is 5.02 Å². The molecule has 0 atom stereocenters. The number of benzene rings is 1. The van der Waals surface area contributed by atoms with Crippen LogP contribution in [0.4, 0.5) is 4.39 Å². The van der Waals surface area contributed by atoms with E-state index in [1.165, 1.54) is 19.2 Å². The molecular weight excluding hydrogens is 231 g/mol. The van der Waals surface area contributed by atoms with Crippen LogP contribution >= 0.6 is 11.6 Å². The van der Waals surface area contributed by atoms with Gasteiger partial charge in [0.2, 0.25) is 0 Å². The van der Waals surface area contributed by atoms with Gasteiger partial charge >= 0.3 is 6.01 Å². The highest BCUT2D eigenvalue weighted by Crippen LogP contribution is 2.23. The number of hydrogen-bond acceptors (Lipinski definition) is 3. The van der Waals surface area contributed by atoms with E-state index >= 15 is 0 Å². The fourth-order valence-corrected chi connectivity index (χ4v) is 1.44. The van der Waals surface area contributed by atoms with Gasteiger partial charge in [-0.15, -0.1) is 0 Å². The summed E-state index contributed by atoms with van der Waals surface area (Å²) in [5.74, 6) is -0.452. The number of halogens is 2. The Bertz CT molecular complexity index is 519. The van der Waals surface area contributed by atoms with Crippen molar-refractivity contribution in [1.29, 1.82) is 0 Å². The van der Waals surface area contributed by atoms with Gasteiger partial charge in [0.25, 0.3) is 0 Å². The van der Waals surface area contributed by atoms with Crippen LogP contribution < -0.4 is 4.74 Å². The molecule has 0 amide bonds. The third-order valence-corrected chi connectivity index (χ3v) is 2.32. The van der Waals surface area contributed by atoms with Crippen molar-refractivity contribution in [1.82, 2.24) is 9.97 Å². The molecule has 2 aromatic rings. The highest BCUT2D eigenvalue weighted by Gasteiger charge is 2.05. The van der Waals surface area contributed by atoms with Gasteiger partial charge in [-0.05, 0) is 24.3 Å². The summed E-state index contributed by atoms with van der Waals surface area (Å²) in [5, 5.41) is 0.0649. The quantitative estimate of drug-likeness (QED) is 0.807. The molecule has 0 spiro atoms. The first-order valence-corrected chi connectivity index (χ1v) is 4.91. The van der Waals surface area contributed by atoms with Crippen LogP contribution in [0.3, 0.4) is 0 Å². The van der Waals surface area contributed by atoms with Crippen molar-refractivity contribution in [2.45, 2.75) is 0 Å². The van der Waals surface area contributed by atoms with E-state index in [9.17, 15) is 4.39 Å². The minimum absolute atomic E-state index is 0.0649. The molecule has 0 bridgehead atoms. The van der Waals surface area contributed by atoms with Crippen LogP contribution in [-0.4, -0.2) is 17.1 Å². The predicted molar refractivity (Wildman–Crippen MR) is 59.0 cm³/mol.